The summed E-state index contributed by atoms with van der Waals surface area (Å²) >= 11 is 0. The van der Waals surface area contributed by atoms with Crippen molar-refractivity contribution in [3.8, 4) is 0 Å². The summed E-state index contributed by atoms with van der Waals surface area (Å²) in [6.07, 6.45) is 1.42. The number of aromatic nitrogens is 1. The molecule has 90 valence electrons. The fourth-order valence-corrected chi connectivity index (χ4v) is 1.50. The van der Waals surface area contributed by atoms with Crippen LogP contribution >= 0.6 is 0 Å². The van der Waals surface area contributed by atoms with Crippen LogP contribution in [0.2, 0.25) is 0 Å². The number of carbonyl (C=O) groups is 1. The lowest BCUT2D eigenvalue weighted by molar-refractivity contribution is 0.0906. The maximum atomic E-state index is 11.7. The van der Waals surface area contributed by atoms with Crippen LogP contribution in [0.25, 0.3) is 0 Å². The molecule has 1 rings (SSSR count). The normalized spacial score (nSPS) is 12.5. The lowest BCUT2D eigenvalue weighted by atomic mass is 10.2. The fraction of sp³-hybridized carbons (Fsp3) is 0.636. The largest absolute Gasteiger partial charge is 0.436 e. The number of hydrogen-bond donors (Lipinski definition) is 2. The zero-order valence-corrected chi connectivity index (χ0v) is 9.91. The number of oxazole rings is 1. The number of aliphatic hydroxyl groups excluding tert-OH is 1. The number of nitrogens with one attached hydrogen (secondary N) is 1. The summed E-state index contributed by atoms with van der Waals surface area (Å²) in [4.78, 5) is 15.8. The number of aryl methyl sites for hydroxylation is 2. The van der Waals surface area contributed by atoms with E-state index >= 15 is 0 Å². The van der Waals surface area contributed by atoms with Gasteiger partial charge in [-0.05, 0) is 26.7 Å². The molecule has 1 amide bonds. The van der Waals surface area contributed by atoms with Gasteiger partial charge in [-0.25, -0.2) is 4.98 Å². The van der Waals surface area contributed by atoms with Crippen LogP contribution in [0.5, 0.6) is 0 Å². The van der Waals surface area contributed by atoms with E-state index < -0.39 is 0 Å². The van der Waals surface area contributed by atoms with Crippen molar-refractivity contribution in [1.82, 2.24) is 10.3 Å². The quantitative estimate of drug-likeness (QED) is 0.790. The van der Waals surface area contributed by atoms with Gasteiger partial charge in [0.25, 0.3) is 5.91 Å². The molecule has 5 nitrogen and oxygen atoms in total. The highest BCUT2D eigenvalue weighted by atomic mass is 16.4. The van der Waals surface area contributed by atoms with Crippen molar-refractivity contribution in [1.29, 1.82) is 0 Å². The summed E-state index contributed by atoms with van der Waals surface area (Å²) in [5.74, 6) is 0.516. The lowest BCUT2D eigenvalue weighted by Gasteiger charge is -2.11. The van der Waals surface area contributed by atoms with Crippen LogP contribution in [-0.4, -0.2) is 28.6 Å². The lowest BCUT2D eigenvalue weighted by Crippen LogP contribution is -2.32. The minimum atomic E-state index is -0.247. The maximum absolute atomic E-state index is 11.7. The molecular formula is C11H18N2O3. The number of aliphatic hydroxyl groups is 1. The van der Waals surface area contributed by atoms with Crippen molar-refractivity contribution in [3.63, 3.8) is 0 Å². The van der Waals surface area contributed by atoms with Crippen LogP contribution in [0.3, 0.4) is 0 Å². The van der Waals surface area contributed by atoms with Gasteiger partial charge < -0.3 is 14.8 Å². The third-order valence-corrected chi connectivity index (χ3v) is 2.28. The van der Waals surface area contributed by atoms with Gasteiger partial charge in [0.1, 0.15) is 0 Å². The Hall–Kier alpha value is -1.36. The first-order valence-electron chi connectivity index (χ1n) is 5.40. The summed E-state index contributed by atoms with van der Waals surface area (Å²) in [5.41, 5.74) is 0.601. The van der Waals surface area contributed by atoms with E-state index in [1.807, 2.05) is 6.92 Å². The molecule has 16 heavy (non-hydrogen) atoms. The van der Waals surface area contributed by atoms with Gasteiger partial charge in [-0.15, -0.1) is 0 Å². The Morgan fingerprint density at radius 2 is 2.25 bits per heavy atom. The zero-order valence-electron chi connectivity index (χ0n) is 9.91. The third kappa shape index (κ3) is 3.34. The molecule has 0 bridgehead atoms. The Bertz CT molecular complexity index is 360. The van der Waals surface area contributed by atoms with Gasteiger partial charge in [0.05, 0.1) is 5.69 Å². The summed E-state index contributed by atoms with van der Waals surface area (Å²) in [5, 5.41) is 11.5. The summed E-state index contributed by atoms with van der Waals surface area (Å²) in [6, 6.07) is 0.0180. The van der Waals surface area contributed by atoms with Gasteiger partial charge in [0, 0.05) is 19.6 Å². The number of nitrogens with zero attached hydrogens (tertiary/aromatic N) is 1. The SMILES string of the molecule is Cc1nc(C)c(C(=O)NC(C)CCCO)o1. The summed E-state index contributed by atoms with van der Waals surface area (Å²) in [7, 11) is 0. The van der Waals surface area contributed by atoms with Crippen molar-refractivity contribution < 1.29 is 14.3 Å². The van der Waals surface area contributed by atoms with Gasteiger partial charge in [-0.2, -0.15) is 0 Å². The molecule has 0 spiro atoms. The Labute approximate surface area is 94.9 Å². The van der Waals surface area contributed by atoms with Crippen LogP contribution in [0.4, 0.5) is 0 Å². The van der Waals surface area contributed by atoms with Gasteiger partial charge in [0.2, 0.25) is 5.76 Å². The van der Waals surface area contributed by atoms with E-state index in [0.717, 1.165) is 6.42 Å². The van der Waals surface area contributed by atoms with E-state index in [0.29, 0.717) is 18.0 Å². The Morgan fingerprint density at radius 3 is 2.75 bits per heavy atom. The van der Waals surface area contributed by atoms with Crippen LogP contribution in [-0.2, 0) is 0 Å². The Kier molecular flexibility index (Phi) is 4.49. The van der Waals surface area contributed by atoms with Crippen molar-refractivity contribution in [2.45, 2.75) is 39.7 Å². The second-order valence-electron chi connectivity index (χ2n) is 3.89. The Balaban J connectivity index is 2.55. The van der Waals surface area contributed by atoms with Gasteiger partial charge in [-0.1, -0.05) is 0 Å². The first kappa shape index (κ1) is 12.7. The molecule has 1 heterocycles. The van der Waals surface area contributed by atoms with Gasteiger partial charge in [0.15, 0.2) is 5.89 Å². The highest BCUT2D eigenvalue weighted by molar-refractivity contribution is 5.92. The molecule has 0 saturated carbocycles. The molecule has 0 aliphatic heterocycles. The topological polar surface area (TPSA) is 75.4 Å². The van der Waals surface area contributed by atoms with E-state index in [4.69, 9.17) is 9.52 Å². The molecular weight excluding hydrogens is 208 g/mol. The maximum Gasteiger partial charge on any atom is 0.289 e. The van der Waals surface area contributed by atoms with Crippen molar-refractivity contribution in [2.24, 2.45) is 0 Å². The first-order chi connectivity index (χ1) is 7.54. The predicted octanol–water partition coefficient (Wildman–Crippen LogP) is 1.18. The molecule has 0 radical (unpaired) electrons. The summed E-state index contributed by atoms with van der Waals surface area (Å²) in [6.45, 7) is 5.48. The number of hydrogen-bond acceptors (Lipinski definition) is 4. The van der Waals surface area contributed by atoms with Crippen LogP contribution in [0.15, 0.2) is 4.42 Å². The molecule has 1 aromatic rings. The number of rotatable bonds is 5. The van der Waals surface area contributed by atoms with Crippen LogP contribution in [0.1, 0.15) is 41.9 Å². The minimum Gasteiger partial charge on any atom is -0.436 e. The molecule has 0 aliphatic carbocycles. The van der Waals surface area contributed by atoms with Crippen molar-refractivity contribution >= 4 is 5.91 Å². The van der Waals surface area contributed by atoms with Crippen molar-refractivity contribution in [3.05, 3.63) is 17.3 Å². The molecule has 0 fully saturated rings. The zero-order chi connectivity index (χ0) is 12.1. The van der Waals surface area contributed by atoms with E-state index in [1.54, 1.807) is 13.8 Å². The molecule has 0 aromatic carbocycles. The average Bonchev–Trinajstić information content (AvgIpc) is 2.54. The molecule has 1 atom stereocenters. The molecule has 5 heteroatoms. The standard InChI is InChI=1S/C11H18N2O3/c1-7(5-4-6-14)12-11(15)10-8(2)13-9(3)16-10/h7,14H,4-6H2,1-3H3,(H,12,15). The number of carbonyl (C=O) groups excluding carboxylic acids is 1. The monoisotopic (exact) mass is 226 g/mol. The Morgan fingerprint density at radius 1 is 1.56 bits per heavy atom. The predicted molar refractivity (Wildman–Crippen MR) is 59.2 cm³/mol. The fourth-order valence-electron chi connectivity index (χ4n) is 1.50. The molecule has 1 unspecified atom stereocenters. The molecule has 1 aromatic heterocycles. The van der Waals surface area contributed by atoms with Crippen LogP contribution in [0, 0.1) is 13.8 Å². The minimum absolute atomic E-state index is 0.0180. The van der Waals surface area contributed by atoms with Gasteiger partial charge >= 0.3 is 0 Å². The average molecular weight is 226 g/mol. The first-order valence-corrected chi connectivity index (χ1v) is 5.40. The summed E-state index contributed by atoms with van der Waals surface area (Å²) < 4.78 is 5.21. The van der Waals surface area contributed by atoms with Crippen molar-refractivity contribution in [2.75, 3.05) is 6.61 Å². The number of amides is 1. The van der Waals surface area contributed by atoms with Crippen LogP contribution < -0.4 is 5.32 Å². The second kappa shape index (κ2) is 5.65. The van der Waals surface area contributed by atoms with E-state index in [-0.39, 0.29) is 24.3 Å². The molecule has 0 aliphatic rings. The van der Waals surface area contributed by atoms with E-state index in [9.17, 15) is 4.79 Å². The van der Waals surface area contributed by atoms with E-state index in [1.165, 1.54) is 0 Å². The highest BCUT2D eigenvalue weighted by Crippen LogP contribution is 2.09. The molecule has 0 saturated heterocycles. The highest BCUT2D eigenvalue weighted by Gasteiger charge is 2.17. The van der Waals surface area contributed by atoms with Gasteiger partial charge in [-0.3, -0.25) is 4.79 Å². The third-order valence-electron chi connectivity index (χ3n) is 2.28. The molecule has 2 N–H and O–H groups in total. The second-order valence-corrected chi connectivity index (χ2v) is 3.89. The van der Waals surface area contributed by atoms with E-state index in [2.05, 4.69) is 10.3 Å². The smallest absolute Gasteiger partial charge is 0.289 e.